The van der Waals surface area contributed by atoms with E-state index in [9.17, 15) is 4.79 Å². The van der Waals surface area contributed by atoms with Crippen molar-refractivity contribution in [1.82, 2.24) is 19.4 Å². The molecule has 0 radical (unpaired) electrons. The predicted octanol–water partition coefficient (Wildman–Crippen LogP) is 4.24. The number of nitrogens with one attached hydrogen (secondary N) is 1. The van der Waals surface area contributed by atoms with Gasteiger partial charge in [-0.1, -0.05) is 25.1 Å². The molecule has 31 heavy (non-hydrogen) atoms. The molecule has 6 nitrogen and oxygen atoms in total. The first-order chi connectivity index (χ1) is 14.6. The number of aryl methyl sites for hydroxylation is 1. The summed E-state index contributed by atoms with van der Waals surface area (Å²) in [7, 11) is 2.09. The third-order valence-corrected chi connectivity index (χ3v) is 5.83. The average Bonchev–Trinajstić information content (AvgIpc) is 3.05. The molecule has 160 valence electrons. The third-order valence-electron chi connectivity index (χ3n) is 5.61. The molecule has 3 aromatic heterocycles. The summed E-state index contributed by atoms with van der Waals surface area (Å²) in [5.74, 6) is 0.509. The number of benzene rings is 1. The lowest BCUT2D eigenvalue weighted by Gasteiger charge is -2.14. The predicted molar refractivity (Wildman–Crippen MR) is 124 cm³/mol. The van der Waals surface area contributed by atoms with Gasteiger partial charge in [0.2, 0.25) is 0 Å². The van der Waals surface area contributed by atoms with E-state index in [4.69, 9.17) is 16.3 Å². The van der Waals surface area contributed by atoms with Crippen LogP contribution in [0.15, 0.2) is 59.7 Å². The van der Waals surface area contributed by atoms with Crippen LogP contribution in [0.2, 0.25) is 5.02 Å². The summed E-state index contributed by atoms with van der Waals surface area (Å²) < 4.78 is 9.58. The van der Waals surface area contributed by atoms with Crippen molar-refractivity contribution in [2.75, 3.05) is 6.54 Å². The van der Waals surface area contributed by atoms with Gasteiger partial charge in [-0.05, 0) is 48.9 Å². The number of fused-ring (bicyclic) bond motifs is 3. The summed E-state index contributed by atoms with van der Waals surface area (Å²) in [4.78, 5) is 16.9. The Labute approximate surface area is 186 Å². The number of ether oxygens (including phenoxy) is 1. The van der Waals surface area contributed by atoms with Crippen LogP contribution in [0, 0.1) is 0 Å². The Morgan fingerprint density at radius 2 is 2.06 bits per heavy atom. The molecule has 4 heterocycles. The Balaban J connectivity index is 0.00000231. The third kappa shape index (κ3) is 3.96. The van der Waals surface area contributed by atoms with Crippen molar-refractivity contribution >= 4 is 22.5 Å². The maximum absolute atomic E-state index is 12.7. The van der Waals surface area contributed by atoms with Crippen molar-refractivity contribution < 1.29 is 4.74 Å². The molecular formula is C24H25ClN4O2. The lowest BCUT2D eigenvalue weighted by Crippen LogP contribution is -2.24. The molecule has 1 aliphatic heterocycles. The van der Waals surface area contributed by atoms with E-state index >= 15 is 0 Å². The van der Waals surface area contributed by atoms with Crippen LogP contribution in [-0.2, 0) is 26.6 Å². The van der Waals surface area contributed by atoms with Crippen molar-refractivity contribution in [3.8, 4) is 11.4 Å². The Morgan fingerprint density at radius 3 is 2.84 bits per heavy atom. The second kappa shape index (κ2) is 8.57. The highest BCUT2D eigenvalue weighted by atomic mass is 35.5. The fraction of sp³-hybridized carbons (Fsp3) is 0.250. The van der Waals surface area contributed by atoms with Crippen LogP contribution in [0.25, 0.3) is 16.6 Å². The molecule has 0 saturated heterocycles. The van der Waals surface area contributed by atoms with E-state index in [1.54, 1.807) is 35.2 Å². The largest absolute Gasteiger partial charge is 0.487 e. The van der Waals surface area contributed by atoms with Gasteiger partial charge >= 0.3 is 0 Å². The highest BCUT2D eigenvalue weighted by molar-refractivity contribution is 6.30. The average molecular weight is 437 g/mol. The van der Waals surface area contributed by atoms with Crippen molar-refractivity contribution in [2.45, 2.75) is 27.0 Å². The van der Waals surface area contributed by atoms with Crippen LogP contribution >= 0.6 is 11.6 Å². The van der Waals surface area contributed by atoms with E-state index in [1.165, 1.54) is 22.7 Å². The van der Waals surface area contributed by atoms with Crippen LogP contribution in [0.3, 0.4) is 0 Å². The molecule has 1 N–H and O–H groups in total. The lowest BCUT2D eigenvalue weighted by atomic mass is 10.0. The minimum atomic E-state index is -0.142. The number of pyridine rings is 2. The van der Waals surface area contributed by atoms with Crippen LogP contribution < -0.4 is 15.6 Å². The smallest absolute Gasteiger partial charge is 0.258 e. The van der Waals surface area contributed by atoms with E-state index in [1.807, 2.05) is 6.07 Å². The molecule has 0 unspecified atom stereocenters. The van der Waals surface area contributed by atoms with Crippen LogP contribution in [0.4, 0.5) is 0 Å². The number of hydrogen-bond donors (Lipinski definition) is 1. The van der Waals surface area contributed by atoms with Crippen LogP contribution in [0.1, 0.15) is 24.4 Å². The first-order valence-corrected chi connectivity index (χ1v) is 10.3. The van der Waals surface area contributed by atoms with Gasteiger partial charge in [-0.25, -0.2) is 0 Å². The van der Waals surface area contributed by atoms with Crippen molar-refractivity contribution in [1.29, 1.82) is 0 Å². The van der Waals surface area contributed by atoms with E-state index in [-0.39, 0.29) is 19.6 Å². The molecule has 0 amide bonds. The molecule has 1 aliphatic rings. The quantitative estimate of drug-likeness (QED) is 0.519. The normalized spacial score (nSPS) is 13.0. The van der Waals surface area contributed by atoms with E-state index in [0.717, 1.165) is 36.4 Å². The van der Waals surface area contributed by atoms with Crippen molar-refractivity contribution in [3.63, 3.8) is 0 Å². The van der Waals surface area contributed by atoms with Gasteiger partial charge in [0.1, 0.15) is 12.4 Å². The Hall–Kier alpha value is -3.09. The van der Waals surface area contributed by atoms with E-state index in [2.05, 4.69) is 34.0 Å². The van der Waals surface area contributed by atoms with Gasteiger partial charge < -0.3 is 14.6 Å². The Bertz CT molecular complexity index is 1290. The Kier molecular flexibility index (Phi) is 5.85. The molecule has 5 rings (SSSR count). The summed E-state index contributed by atoms with van der Waals surface area (Å²) >= 11 is 5.85. The van der Waals surface area contributed by atoms with Gasteiger partial charge in [0.05, 0.1) is 21.9 Å². The van der Waals surface area contributed by atoms with Gasteiger partial charge in [-0.2, -0.15) is 0 Å². The van der Waals surface area contributed by atoms with Gasteiger partial charge in [0.25, 0.3) is 5.56 Å². The zero-order chi connectivity index (χ0) is 20.7. The van der Waals surface area contributed by atoms with Gasteiger partial charge in [-0.15, -0.1) is 0 Å². The SMILES string of the molecule is C.Cn1c2c(c3ccc(-n4ccc(OCc5ccc(Cl)cn5)cc4=O)cc31)CCNC2. The zero-order valence-electron chi connectivity index (χ0n) is 16.6. The number of rotatable bonds is 4. The van der Waals surface area contributed by atoms with E-state index < -0.39 is 0 Å². The highest BCUT2D eigenvalue weighted by Crippen LogP contribution is 2.29. The molecule has 0 saturated carbocycles. The summed E-state index contributed by atoms with van der Waals surface area (Å²) in [5.41, 5.74) is 5.31. The molecule has 0 aliphatic carbocycles. The first-order valence-electron chi connectivity index (χ1n) is 9.87. The highest BCUT2D eigenvalue weighted by Gasteiger charge is 2.18. The minimum Gasteiger partial charge on any atom is -0.487 e. The number of nitrogens with zero attached hydrogens (tertiary/aromatic N) is 3. The van der Waals surface area contributed by atoms with Gasteiger partial charge in [0, 0.05) is 43.1 Å². The van der Waals surface area contributed by atoms with Crippen LogP contribution in [-0.4, -0.2) is 20.7 Å². The molecule has 4 aromatic rings. The summed E-state index contributed by atoms with van der Waals surface area (Å²) in [6.45, 7) is 2.15. The maximum atomic E-state index is 12.7. The van der Waals surface area contributed by atoms with Gasteiger partial charge in [0.15, 0.2) is 0 Å². The minimum absolute atomic E-state index is 0. The molecule has 0 atom stereocenters. The lowest BCUT2D eigenvalue weighted by molar-refractivity contribution is 0.300. The Morgan fingerprint density at radius 1 is 1.19 bits per heavy atom. The standard InChI is InChI=1S/C23H21ClN4O2.CH4/c1-27-21-10-17(4-5-19(21)20-6-8-25-13-22(20)27)28-9-7-18(11-23(28)29)30-14-16-3-2-15(24)12-26-16;/h2-5,7,9-12,25H,6,8,13-14H2,1H3;1H4. The van der Waals surface area contributed by atoms with Crippen molar-refractivity contribution in [2.24, 2.45) is 7.05 Å². The van der Waals surface area contributed by atoms with Crippen molar-refractivity contribution in [3.05, 3.63) is 87.2 Å². The molecule has 0 fully saturated rings. The molecule has 0 bridgehead atoms. The van der Waals surface area contributed by atoms with Crippen LogP contribution in [0.5, 0.6) is 5.75 Å². The molecular weight excluding hydrogens is 412 g/mol. The maximum Gasteiger partial charge on any atom is 0.258 e. The summed E-state index contributed by atoms with van der Waals surface area (Å²) in [6, 6.07) is 13.1. The van der Waals surface area contributed by atoms with Gasteiger partial charge in [-0.3, -0.25) is 14.3 Å². The fourth-order valence-corrected chi connectivity index (χ4v) is 4.16. The fourth-order valence-electron chi connectivity index (χ4n) is 4.04. The number of hydrogen-bond acceptors (Lipinski definition) is 4. The second-order valence-corrected chi connectivity index (χ2v) is 7.88. The molecule has 1 aromatic carbocycles. The summed E-state index contributed by atoms with van der Waals surface area (Å²) in [6.07, 6.45) is 4.35. The molecule has 7 heteroatoms. The summed E-state index contributed by atoms with van der Waals surface area (Å²) in [5, 5.41) is 5.27. The first kappa shape index (κ1) is 21.2. The van der Waals surface area contributed by atoms with E-state index in [0.29, 0.717) is 10.8 Å². The second-order valence-electron chi connectivity index (χ2n) is 7.44. The number of aromatic nitrogens is 3. The zero-order valence-corrected chi connectivity index (χ0v) is 17.3. The number of halogens is 1. The topological polar surface area (TPSA) is 61.1 Å². The molecule has 0 spiro atoms. The monoisotopic (exact) mass is 436 g/mol.